The zero-order valence-corrected chi connectivity index (χ0v) is 13.1. The molecule has 4 nitrogen and oxygen atoms in total. The van der Waals surface area contributed by atoms with Crippen LogP contribution in [0.4, 0.5) is 4.79 Å². The first-order chi connectivity index (χ1) is 9.74. The minimum absolute atomic E-state index is 0.0283. The van der Waals surface area contributed by atoms with Gasteiger partial charge >= 0.3 is 6.03 Å². The molecule has 1 atom stereocenters. The highest BCUT2D eigenvalue weighted by molar-refractivity contribution is 8.00. The summed E-state index contributed by atoms with van der Waals surface area (Å²) >= 11 is 1.85. The van der Waals surface area contributed by atoms with Crippen LogP contribution in [-0.2, 0) is 4.74 Å². The van der Waals surface area contributed by atoms with Crippen LogP contribution in [-0.4, -0.2) is 43.3 Å². The van der Waals surface area contributed by atoms with Gasteiger partial charge in [0.1, 0.15) is 0 Å². The number of urea groups is 1. The molecule has 0 aromatic heterocycles. The van der Waals surface area contributed by atoms with Crippen LogP contribution in [0.15, 0.2) is 12.2 Å². The maximum absolute atomic E-state index is 11.9. The first-order valence-corrected chi connectivity index (χ1v) is 8.76. The second-order valence-electron chi connectivity index (χ2n) is 5.71. The standard InChI is InChI=1S/C15H26N2O2S/c1-20-15(7-9-19-10-8-15)12-17-14(18)16-11-13-5-3-2-4-6-13/h2-3,13H,4-12H2,1H3,(H2,16,17,18)/t13-/m0/s1. The normalized spacial score (nSPS) is 25.1. The Hall–Kier alpha value is -0.680. The molecule has 0 aromatic rings. The van der Waals surface area contributed by atoms with Crippen molar-refractivity contribution in [3.63, 3.8) is 0 Å². The minimum Gasteiger partial charge on any atom is -0.381 e. The molecule has 0 saturated carbocycles. The van der Waals surface area contributed by atoms with E-state index in [4.69, 9.17) is 4.74 Å². The molecule has 20 heavy (non-hydrogen) atoms. The number of carbonyl (C=O) groups excluding carboxylic acids is 1. The van der Waals surface area contributed by atoms with Crippen molar-refractivity contribution < 1.29 is 9.53 Å². The summed E-state index contributed by atoms with van der Waals surface area (Å²) < 4.78 is 5.57. The molecule has 1 aliphatic heterocycles. The van der Waals surface area contributed by atoms with Gasteiger partial charge in [-0.25, -0.2) is 4.79 Å². The molecule has 1 aliphatic carbocycles. The third-order valence-electron chi connectivity index (χ3n) is 4.34. The summed E-state index contributed by atoms with van der Waals surface area (Å²) in [5, 5.41) is 6.05. The van der Waals surface area contributed by atoms with E-state index >= 15 is 0 Å². The van der Waals surface area contributed by atoms with E-state index in [1.165, 1.54) is 6.42 Å². The van der Waals surface area contributed by atoms with Gasteiger partial charge in [-0.05, 0) is 44.3 Å². The maximum Gasteiger partial charge on any atom is 0.314 e. The fraction of sp³-hybridized carbons (Fsp3) is 0.800. The van der Waals surface area contributed by atoms with Crippen LogP contribution in [0.2, 0.25) is 0 Å². The van der Waals surface area contributed by atoms with E-state index in [0.717, 1.165) is 52.0 Å². The number of nitrogens with one attached hydrogen (secondary N) is 2. The molecule has 0 unspecified atom stereocenters. The van der Waals surface area contributed by atoms with Gasteiger partial charge in [-0.1, -0.05) is 12.2 Å². The summed E-state index contributed by atoms with van der Waals surface area (Å²) in [4.78, 5) is 11.9. The highest BCUT2D eigenvalue weighted by Gasteiger charge is 2.32. The van der Waals surface area contributed by atoms with Crippen molar-refractivity contribution in [2.24, 2.45) is 5.92 Å². The third kappa shape index (κ3) is 4.70. The molecule has 0 radical (unpaired) electrons. The Morgan fingerprint density at radius 3 is 2.80 bits per heavy atom. The fourth-order valence-electron chi connectivity index (χ4n) is 2.78. The van der Waals surface area contributed by atoms with Crippen LogP contribution in [0.25, 0.3) is 0 Å². The van der Waals surface area contributed by atoms with E-state index in [2.05, 4.69) is 29.0 Å². The third-order valence-corrected chi connectivity index (χ3v) is 5.76. The lowest BCUT2D eigenvalue weighted by Gasteiger charge is -2.35. The highest BCUT2D eigenvalue weighted by Crippen LogP contribution is 2.32. The Labute approximate surface area is 126 Å². The number of hydrogen-bond acceptors (Lipinski definition) is 3. The molecule has 2 N–H and O–H groups in total. The Kier molecular flexibility index (Phi) is 6.23. The first kappa shape index (κ1) is 15.7. The minimum atomic E-state index is -0.0283. The van der Waals surface area contributed by atoms with Crippen LogP contribution in [0.1, 0.15) is 32.1 Å². The van der Waals surface area contributed by atoms with E-state index in [0.29, 0.717) is 5.92 Å². The van der Waals surface area contributed by atoms with Crippen molar-refractivity contribution >= 4 is 17.8 Å². The SMILES string of the molecule is CSC1(CNC(=O)NC[C@H]2CC=CCC2)CCOCC1. The van der Waals surface area contributed by atoms with Gasteiger partial charge < -0.3 is 15.4 Å². The van der Waals surface area contributed by atoms with Crippen LogP contribution in [0.3, 0.4) is 0 Å². The summed E-state index contributed by atoms with van der Waals surface area (Å²) in [6.45, 7) is 3.12. The van der Waals surface area contributed by atoms with Gasteiger partial charge in [0.25, 0.3) is 0 Å². The molecule has 0 aromatic carbocycles. The summed E-state index contributed by atoms with van der Waals surface area (Å²) in [6.07, 6.45) is 12.0. The molecule has 0 bridgehead atoms. The van der Waals surface area contributed by atoms with Gasteiger partial charge in [0.15, 0.2) is 0 Å². The van der Waals surface area contributed by atoms with Crippen molar-refractivity contribution in [2.45, 2.75) is 36.9 Å². The largest absolute Gasteiger partial charge is 0.381 e. The summed E-state index contributed by atoms with van der Waals surface area (Å²) in [5.41, 5.74) is 0. The van der Waals surface area contributed by atoms with E-state index < -0.39 is 0 Å². The van der Waals surface area contributed by atoms with Gasteiger partial charge in [0.2, 0.25) is 0 Å². The van der Waals surface area contributed by atoms with E-state index in [-0.39, 0.29) is 10.8 Å². The van der Waals surface area contributed by atoms with Crippen molar-refractivity contribution in [1.29, 1.82) is 0 Å². The molecular formula is C15H26N2O2S. The predicted octanol–water partition coefficient (Wildman–Crippen LogP) is 2.55. The van der Waals surface area contributed by atoms with E-state index in [9.17, 15) is 4.79 Å². The quantitative estimate of drug-likeness (QED) is 0.767. The average molecular weight is 298 g/mol. The average Bonchev–Trinajstić information content (AvgIpc) is 2.53. The fourth-order valence-corrected chi connectivity index (χ4v) is 3.57. The molecular weight excluding hydrogens is 272 g/mol. The topological polar surface area (TPSA) is 50.4 Å². The summed E-state index contributed by atoms with van der Waals surface area (Å²) in [6, 6.07) is -0.0283. The second-order valence-corrected chi connectivity index (χ2v) is 6.99. The van der Waals surface area contributed by atoms with Crippen molar-refractivity contribution in [3.8, 4) is 0 Å². The number of allylic oxidation sites excluding steroid dienone is 2. The number of carbonyl (C=O) groups is 1. The summed E-state index contributed by atoms with van der Waals surface area (Å²) in [7, 11) is 0. The molecule has 5 heteroatoms. The zero-order chi connectivity index (χ0) is 14.3. The Balaban J connectivity index is 1.67. The van der Waals surface area contributed by atoms with Gasteiger partial charge in [0, 0.05) is 31.1 Å². The molecule has 114 valence electrons. The molecule has 1 heterocycles. The molecule has 1 fully saturated rings. The zero-order valence-electron chi connectivity index (χ0n) is 12.3. The Bertz CT molecular complexity index is 341. The monoisotopic (exact) mass is 298 g/mol. The van der Waals surface area contributed by atoms with Gasteiger partial charge in [-0.2, -0.15) is 11.8 Å². The maximum atomic E-state index is 11.9. The van der Waals surface area contributed by atoms with Gasteiger partial charge in [0.05, 0.1) is 0 Å². The predicted molar refractivity (Wildman–Crippen MR) is 84.2 cm³/mol. The number of thioether (sulfide) groups is 1. The van der Waals surface area contributed by atoms with Crippen LogP contribution in [0.5, 0.6) is 0 Å². The smallest absolute Gasteiger partial charge is 0.314 e. The molecule has 2 rings (SSSR count). The number of rotatable bonds is 5. The molecule has 0 spiro atoms. The number of amides is 2. The highest BCUT2D eigenvalue weighted by atomic mass is 32.2. The number of hydrogen-bond donors (Lipinski definition) is 2. The molecule has 2 aliphatic rings. The van der Waals surface area contributed by atoms with E-state index in [1.54, 1.807) is 0 Å². The van der Waals surface area contributed by atoms with Gasteiger partial charge in [-0.15, -0.1) is 0 Å². The Morgan fingerprint density at radius 1 is 1.35 bits per heavy atom. The number of ether oxygens (including phenoxy) is 1. The lowest BCUT2D eigenvalue weighted by molar-refractivity contribution is 0.0777. The van der Waals surface area contributed by atoms with E-state index in [1.807, 2.05) is 11.8 Å². The van der Waals surface area contributed by atoms with Crippen LogP contribution >= 0.6 is 11.8 Å². The van der Waals surface area contributed by atoms with Crippen LogP contribution < -0.4 is 10.6 Å². The van der Waals surface area contributed by atoms with Crippen molar-refractivity contribution in [3.05, 3.63) is 12.2 Å². The van der Waals surface area contributed by atoms with Crippen molar-refractivity contribution in [1.82, 2.24) is 10.6 Å². The van der Waals surface area contributed by atoms with Crippen molar-refractivity contribution in [2.75, 3.05) is 32.6 Å². The molecule has 2 amide bonds. The molecule has 1 saturated heterocycles. The van der Waals surface area contributed by atoms with Crippen LogP contribution in [0, 0.1) is 5.92 Å². The first-order valence-electron chi connectivity index (χ1n) is 7.54. The van der Waals surface area contributed by atoms with Gasteiger partial charge in [-0.3, -0.25) is 0 Å². The lowest BCUT2D eigenvalue weighted by Crippen LogP contribution is -2.47. The Morgan fingerprint density at radius 2 is 2.15 bits per heavy atom. The second kappa shape index (κ2) is 7.93. The lowest BCUT2D eigenvalue weighted by atomic mass is 9.94. The summed E-state index contributed by atoms with van der Waals surface area (Å²) in [5.74, 6) is 0.600.